The molecule has 0 saturated heterocycles. The molecular formula is C12H15N3O4. The van der Waals surface area contributed by atoms with Crippen molar-refractivity contribution in [2.24, 2.45) is 10.9 Å². The van der Waals surface area contributed by atoms with Gasteiger partial charge in [-0.1, -0.05) is 12.2 Å². The minimum atomic E-state index is -1.27. The third kappa shape index (κ3) is 2.23. The van der Waals surface area contributed by atoms with Gasteiger partial charge in [-0.05, 0) is 6.42 Å². The van der Waals surface area contributed by atoms with Crippen LogP contribution in [-0.2, 0) is 19.1 Å². The number of hydrogen-bond acceptors (Lipinski definition) is 5. The molecule has 0 aromatic heterocycles. The van der Waals surface area contributed by atoms with Gasteiger partial charge in [-0.3, -0.25) is 20.2 Å². The van der Waals surface area contributed by atoms with Crippen LogP contribution in [-0.4, -0.2) is 36.4 Å². The Morgan fingerprint density at radius 2 is 2.26 bits per heavy atom. The first-order chi connectivity index (χ1) is 8.99. The van der Waals surface area contributed by atoms with E-state index in [0.29, 0.717) is 6.42 Å². The highest BCUT2D eigenvalue weighted by Gasteiger charge is 2.53. The predicted octanol–water partition coefficient (Wildman–Crippen LogP) is -0.514. The van der Waals surface area contributed by atoms with Gasteiger partial charge in [0.1, 0.15) is 0 Å². The van der Waals surface area contributed by atoms with Crippen LogP contribution < -0.4 is 10.6 Å². The summed E-state index contributed by atoms with van der Waals surface area (Å²) in [5.74, 6) is -1.89. The SMILES string of the molecule is COC(=O)C12CC=CCC1C(=O)NC(NC(C)=O)=N2. The Balaban J connectivity index is 2.45. The standard InChI is InChI=1S/C12H15N3O4/c1-7(16)13-11-14-9(17)8-5-3-4-6-12(8,15-11)10(18)19-2/h3-4,8H,5-6H2,1-2H3,(H2,13,14,15,16,17). The number of fused-ring (bicyclic) bond motifs is 1. The molecule has 0 fully saturated rings. The molecule has 0 saturated carbocycles. The van der Waals surface area contributed by atoms with E-state index in [9.17, 15) is 14.4 Å². The minimum absolute atomic E-state index is 0.00514. The number of nitrogens with zero attached hydrogens (tertiary/aromatic N) is 1. The van der Waals surface area contributed by atoms with E-state index in [2.05, 4.69) is 15.6 Å². The smallest absolute Gasteiger partial charge is 0.335 e. The monoisotopic (exact) mass is 265 g/mol. The lowest BCUT2D eigenvalue weighted by Crippen LogP contribution is -2.61. The normalized spacial score (nSPS) is 28.8. The summed E-state index contributed by atoms with van der Waals surface area (Å²) in [4.78, 5) is 39.4. The fourth-order valence-corrected chi connectivity index (χ4v) is 2.39. The van der Waals surface area contributed by atoms with Gasteiger partial charge in [0, 0.05) is 13.3 Å². The van der Waals surface area contributed by atoms with Crippen LogP contribution in [0.2, 0.25) is 0 Å². The number of aliphatic imine (C=N–C) groups is 1. The van der Waals surface area contributed by atoms with Gasteiger partial charge in [-0.15, -0.1) is 0 Å². The molecule has 7 nitrogen and oxygen atoms in total. The highest BCUT2D eigenvalue weighted by molar-refractivity contribution is 6.09. The van der Waals surface area contributed by atoms with Crippen LogP contribution in [0.1, 0.15) is 19.8 Å². The maximum atomic E-state index is 12.1. The van der Waals surface area contributed by atoms with Gasteiger partial charge in [0.05, 0.1) is 13.0 Å². The van der Waals surface area contributed by atoms with Crippen molar-refractivity contribution < 1.29 is 19.1 Å². The number of amides is 2. The van der Waals surface area contributed by atoms with E-state index < -0.39 is 17.4 Å². The van der Waals surface area contributed by atoms with E-state index in [-0.39, 0.29) is 24.2 Å². The molecule has 0 bridgehead atoms. The van der Waals surface area contributed by atoms with Gasteiger partial charge in [0.25, 0.3) is 0 Å². The third-order valence-corrected chi connectivity index (χ3v) is 3.25. The zero-order chi connectivity index (χ0) is 14.0. The largest absolute Gasteiger partial charge is 0.467 e. The Morgan fingerprint density at radius 3 is 2.89 bits per heavy atom. The number of carbonyl (C=O) groups excluding carboxylic acids is 3. The molecule has 2 amide bonds. The Hall–Kier alpha value is -2.18. The van der Waals surface area contributed by atoms with Crippen LogP contribution in [0.5, 0.6) is 0 Å². The summed E-state index contributed by atoms with van der Waals surface area (Å²) in [5, 5.41) is 4.88. The molecule has 19 heavy (non-hydrogen) atoms. The highest BCUT2D eigenvalue weighted by atomic mass is 16.5. The van der Waals surface area contributed by atoms with Crippen molar-refractivity contribution in [1.29, 1.82) is 0 Å². The van der Waals surface area contributed by atoms with Crippen molar-refractivity contribution in [1.82, 2.24) is 10.6 Å². The first kappa shape index (κ1) is 13.3. The van der Waals surface area contributed by atoms with Crippen LogP contribution >= 0.6 is 0 Å². The summed E-state index contributed by atoms with van der Waals surface area (Å²) in [6, 6.07) is 0. The van der Waals surface area contributed by atoms with Crippen LogP contribution in [0.25, 0.3) is 0 Å². The fourth-order valence-electron chi connectivity index (χ4n) is 2.39. The number of methoxy groups -OCH3 is 1. The number of esters is 1. The Morgan fingerprint density at radius 1 is 1.53 bits per heavy atom. The average Bonchev–Trinajstić information content (AvgIpc) is 2.36. The van der Waals surface area contributed by atoms with E-state index in [1.54, 1.807) is 6.08 Å². The topological polar surface area (TPSA) is 96.9 Å². The average molecular weight is 265 g/mol. The summed E-state index contributed by atoms with van der Waals surface area (Å²) >= 11 is 0. The molecule has 2 unspecified atom stereocenters. The summed E-state index contributed by atoms with van der Waals surface area (Å²) in [6.45, 7) is 1.30. The summed E-state index contributed by atoms with van der Waals surface area (Å²) in [6.07, 6.45) is 4.32. The van der Waals surface area contributed by atoms with Gasteiger partial charge < -0.3 is 4.74 Å². The van der Waals surface area contributed by atoms with Gasteiger partial charge in [-0.2, -0.15) is 0 Å². The van der Waals surface area contributed by atoms with E-state index in [0.717, 1.165) is 0 Å². The summed E-state index contributed by atoms with van der Waals surface area (Å²) < 4.78 is 4.78. The summed E-state index contributed by atoms with van der Waals surface area (Å²) in [5.41, 5.74) is -1.27. The number of guanidine groups is 1. The van der Waals surface area contributed by atoms with E-state index >= 15 is 0 Å². The van der Waals surface area contributed by atoms with Crippen molar-refractivity contribution in [3.8, 4) is 0 Å². The lowest BCUT2D eigenvalue weighted by atomic mass is 9.74. The molecule has 0 spiro atoms. The fraction of sp³-hybridized carbons (Fsp3) is 0.500. The second-order valence-electron chi connectivity index (χ2n) is 4.51. The van der Waals surface area contributed by atoms with Crippen molar-refractivity contribution in [3.05, 3.63) is 12.2 Å². The Kier molecular flexibility index (Phi) is 3.37. The Labute approximate surface area is 110 Å². The van der Waals surface area contributed by atoms with Gasteiger partial charge in [-0.25, -0.2) is 9.79 Å². The molecule has 1 aliphatic carbocycles. The van der Waals surface area contributed by atoms with Crippen LogP contribution in [0.15, 0.2) is 17.1 Å². The quantitative estimate of drug-likeness (QED) is 0.493. The van der Waals surface area contributed by atoms with Crippen molar-refractivity contribution in [2.75, 3.05) is 7.11 Å². The first-order valence-corrected chi connectivity index (χ1v) is 5.91. The zero-order valence-corrected chi connectivity index (χ0v) is 10.7. The molecule has 0 aromatic carbocycles. The number of ether oxygens (including phenoxy) is 1. The Bertz CT molecular complexity index is 497. The number of nitrogens with one attached hydrogen (secondary N) is 2. The lowest BCUT2D eigenvalue weighted by Gasteiger charge is -2.38. The number of allylic oxidation sites excluding steroid dienone is 1. The van der Waals surface area contributed by atoms with E-state index in [1.165, 1.54) is 14.0 Å². The summed E-state index contributed by atoms with van der Waals surface area (Å²) in [7, 11) is 1.26. The second-order valence-corrected chi connectivity index (χ2v) is 4.51. The van der Waals surface area contributed by atoms with Gasteiger partial charge in [0.15, 0.2) is 5.54 Å². The van der Waals surface area contributed by atoms with E-state index in [4.69, 9.17) is 4.74 Å². The van der Waals surface area contributed by atoms with Gasteiger partial charge in [0.2, 0.25) is 17.8 Å². The van der Waals surface area contributed by atoms with E-state index in [1.807, 2.05) is 6.08 Å². The molecule has 1 heterocycles. The molecule has 2 rings (SSSR count). The highest BCUT2D eigenvalue weighted by Crippen LogP contribution is 2.36. The molecule has 0 aromatic rings. The van der Waals surface area contributed by atoms with Crippen molar-refractivity contribution >= 4 is 23.7 Å². The third-order valence-electron chi connectivity index (χ3n) is 3.25. The molecule has 102 valence electrons. The molecule has 1 aliphatic heterocycles. The zero-order valence-electron chi connectivity index (χ0n) is 10.7. The molecule has 7 heteroatoms. The lowest BCUT2D eigenvalue weighted by molar-refractivity contribution is -0.153. The first-order valence-electron chi connectivity index (χ1n) is 5.91. The predicted molar refractivity (Wildman–Crippen MR) is 66.0 cm³/mol. The van der Waals surface area contributed by atoms with Crippen LogP contribution in [0.3, 0.4) is 0 Å². The van der Waals surface area contributed by atoms with Crippen LogP contribution in [0, 0.1) is 5.92 Å². The maximum Gasteiger partial charge on any atom is 0.335 e. The molecular weight excluding hydrogens is 250 g/mol. The molecule has 0 radical (unpaired) electrons. The number of carbonyl (C=O) groups is 3. The minimum Gasteiger partial charge on any atom is -0.467 e. The maximum absolute atomic E-state index is 12.1. The molecule has 2 aliphatic rings. The number of rotatable bonds is 1. The second kappa shape index (κ2) is 4.83. The number of hydrogen-bond donors (Lipinski definition) is 2. The van der Waals surface area contributed by atoms with Crippen molar-refractivity contribution in [2.45, 2.75) is 25.3 Å². The molecule has 2 atom stereocenters. The van der Waals surface area contributed by atoms with Crippen LogP contribution in [0.4, 0.5) is 0 Å². The van der Waals surface area contributed by atoms with Crippen molar-refractivity contribution in [3.63, 3.8) is 0 Å². The van der Waals surface area contributed by atoms with Gasteiger partial charge >= 0.3 is 5.97 Å². The molecule has 2 N–H and O–H groups in total.